The van der Waals surface area contributed by atoms with Crippen molar-refractivity contribution in [2.24, 2.45) is 0 Å². The van der Waals surface area contributed by atoms with Crippen LogP contribution in [-0.4, -0.2) is 46.7 Å². The van der Waals surface area contributed by atoms with E-state index in [0.717, 1.165) is 50.4 Å². The Balaban J connectivity index is 1.56. The predicted octanol–water partition coefficient (Wildman–Crippen LogP) is 2.31. The SMILES string of the molecule is Cc1ccsc1CN1CCc2c(nc(N3C[C@@H](C)O[C@H](C)C3)[nH]c2=O)C1. The highest BCUT2D eigenvalue weighted by Gasteiger charge is 2.27. The summed E-state index contributed by atoms with van der Waals surface area (Å²) >= 11 is 1.80. The third-order valence-electron chi connectivity index (χ3n) is 5.19. The van der Waals surface area contributed by atoms with E-state index in [9.17, 15) is 4.79 Å². The number of rotatable bonds is 3. The van der Waals surface area contributed by atoms with Crippen LogP contribution in [-0.2, 0) is 24.2 Å². The molecule has 1 fully saturated rings. The van der Waals surface area contributed by atoms with Crippen molar-refractivity contribution in [1.82, 2.24) is 14.9 Å². The van der Waals surface area contributed by atoms with E-state index < -0.39 is 0 Å². The number of fused-ring (bicyclic) bond motifs is 1. The number of nitrogens with one attached hydrogen (secondary N) is 1. The lowest BCUT2D eigenvalue weighted by molar-refractivity contribution is -0.00576. The van der Waals surface area contributed by atoms with E-state index in [1.54, 1.807) is 11.3 Å². The maximum atomic E-state index is 12.6. The van der Waals surface area contributed by atoms with Crippen LogP contribution in [0.4, 0.5) is 5.95 Å². The number of aryl methyl sites for hydroxylation is 1. The minimum atomic E-state index is 0.0174. The van der Waals surface area contributed by atoms with Crippen molar-refractivity contribution in [3.8, 4) is 0 Å². The van der Waals surface area contributed by atoms with Gasteiger partial charge in [0, 0.05) is 43.2 Å². The summed E-state index contributed by atoms with van der Waals surface area (Å²) < 4.78 is 5.80. The van der Waals surface area contributed by atoms with E-state index in [-0.39, 0.29) is 17.8 Å². The summed E-state index contributed by atoms with van der Waals surface area (Å²) in [5.41, 5.74) is 3.14. The molecule has 1 N–H and O–H groups in total. The van der Waals surface area contributed by atoms with Gasteiger partial charge in [-0.05, 0) is 44.2 Å². The Morgan fingerprint density at radius 2 is 2.12 bits per heavy atom. The molecule has 7 heteroatoms. The van der Waals surface area contributed by atoms with Gasteiger partial charge in [0.05, 0.1) is 17.9 Å². The summed E-state index contributed by atoms with van der Waals surface area (Å²) in [7, 11) is 0. The molecular formula is C19H26N4O2S. The molecule has 1 saturated heterocycles. The number of H-pyrrole nitrogens is 1. The van der Waals surface area contributed by atoms with Crippen molar-refractivity contribution in [3.05, 3.63) is 43.5 Å². The molecule has 140 valence electrons. The standard InChI is InChI=1S/C19H26N4O2S/c1-12-5-7-26-17(12)11-22-6-4-15-16(10-22)20-19(21-18(15)24)23-8-13(2)25-14(3)9-23/h5,7,13-14H,4,6,8-11H2,1-3H3,(H,20,21,24)/t13-,14-/m1/s1. The quantitative estimate of drug-likeness (QED) is 0.893. The van der Waals surface area contributed by atoms with Gasteiger partial charge in [-0.1, -0.05) is 0 Å². The van der Waals surface area contributed by atoms with Gasteiger partial charge < -0.3 is 9.64 Å². The van der Waals surface area contributed by atoms with Crippen LogP contribution in [0.1, 0.15) is 35.5 Å². The normalized spacial score (nSPS) is 23.9. The van der Waals surface area contributed by atoms with Crippen molar-refractivity contribution in [3.63, 3.8) is 0 Å². The molecule has 4 rings (SSSR count). The van der Waals surface area contributed by atoms with Crippen LogP contribution < -0.4 is 10.5 Å². The van der Waals surface area contributed by atoms with Gasteiger partial charge in [-0.2, -0.15) is 0 Å². The molecule has 0 saturated carbocycles. The number of anilines is 1. The highest BCUT2D eigenvalue weighted by atomic mass is 32.1. The summed E-state index contributed by atoms with van der Waals surface area (Å²) in [5, 5.41) is 2.14. The molecule has 4 heterocycles. The largest absolute Gasteiger partial charge is 0.372 e. The Labute approximate surface area is 157 Å². The second-order valence-corrected chi connectivity index (χ2v) is 8.47. The molecule has 0 aliphatic carbocycles. The van der Waals surface area contributed by atoms with Gasteiger partial charge in [-0.15, -0.1) is 11.3 Å². The Kier molecular flexibility index (Phi) is 4.86. The van der Waals surface area contributed by atoms with Gasteiger partial charge in [0.25, 0.3) is 5.56 Å². The van der Waals surface area contributed by atoms with Crippen LogP contribution in [0.5, 0.6) is 0 Å². The first kappa shape index (κ1) is 17.7. The molecule has 2 atom stereocenters. The lowest BCUT2D eigenvalue weighted by Crippen LogP contribution is -2.47. The Hall–Kier alpha value is -1.70. The number of nitrogens with zero attached hydrogens (tertiary/aromatic N) is 3. The van der Waals surface area contributed by atoms with E-state index >= 15 is 0 Å². The van der Waals surface area contributed by atoms with E-state index in [0.29, 0.717) is 5.95 Å². The first-order chi connectivity index (χ1) is 12.5. The molecule has 0 aromatic carbocycles. The third kappa shape index (κ3) is 3.56. The van der Waals surface area contributed by atoms with E-state index in [1.165, 1.54) is 10.4 Å². The fourth-order valence-electron chi connectivity index (χ4n) is 3.89. The van der Waals surface area contributed by atoms with Crippen LogP contribution in [0, 0.1) is 6.92 Å². The van der Waals surface area contributed by atoms with Gasteiger partial charge in [-0.25, -0.2) is 4.98 Å². The molecule has 0 radical (unpaired) electrons. The van der Waals surface area contributed by atoms with Gasteiger partial charge in [0.15, 0.2) is 0 Å². The lowest BCUT2D eigenvalue weighted by Gasteiger charge is -2.36. The number of hydrogen-bond acceptors (Lipinski definition) is 6. The molecule has 2 aliphatic rings. The second kappa shape index (κ2) is 7.13. The fraction of sp³-hybridized carbons (Fsp3) is 0.579. The van der Waals surface area contributed by atoms with Crippen molar-refractivity contribution in [2.75, 3.05) is 24.5 Å². The van der Waals surface area contributed by atoms with E-state index in [2.05, 4.69) is 47.0 Å². The predicted molar refractivity (Wildman–Crippen MR) is 104 cm³/mol. The third-order valence-corrected chi connectivity index (χ3v) is 6.20. The minimum absolute atomic E-state index is 0.0174. The van der Waals surface area contributed by atoms with Crippen molar-refractivity contribution in [1.29, 1.82) is 0 Å². The molecule has 6 nitrogen and oxygen atoms in total. The average Bonchev–Trinajstić information content (AvgIpc) is 2.98. The first-order valence-electron chi connectivity index (χ1n) is 9.27. The van der Waals surface area contributed by atoms with Crippen LogP contribution in [0.2, 0.25) is 0 Å². The van der Waals surface area contributed by atoms with Gasteiger partial charge in [0.2, 0.25) is 5.95 Å². The zero-order valence-corrected chi connectivity index (χ0v) is 16.4. The second-order valence-electron chi connectivity index (χ2n) is 7.46. The van der Waals surface area contributed by atoms with Gasteiger partial charge in [-0.3, -0.25) is 14.7 Å². The highest BCUT2D eigenvalue weighted by molar-refractivity contribution is 7.10. The molecule has 2 aliphatic heterocycles. The summed E-state index contributed by atoms with van der Waals surface area (Å²) in [6.07, 6.45) is 1.04. The fourth-order valence-corrected chi connectivity index (χ4v) is 4.83. The summed E-state index contributed by atoms with van der Waals surface area (Å²) in [4.78, 5) is 26.4. The Morgan fingerprint density at radius 3 is 2.81 bits per heavy atom. The minimum Gasteiger partial charge on any atom is -0.372 e. The molecule has 2 aromatic rings. The molecule has 2 aromatic heterocycles. The average molecular weight is 375 g/mol. The van der Waals surface area contributed by atoms with E-state index in [4.69, 9.17) is 9.72 Å². The smallest absolute Gasteiger partial charge is 0.255 e. The molecule has 0 amide bonds. The van der Waals surface area contributed by atoms with Crippen molar-refractivity contribution < 1.29 is 4.74 Å². The van der Waals surface area contributed by atoms with Crippen molar-refractivity contribution in [2.45, 2.75) is 52.5 Å². The zero-order valence-electron chi connectivity index (χ0n) is 15.6. The van der Waals surface area contributed by atoms with Crippen molar-refractivity contribution >= 4 is 17.3 Å². The van der Waals surface area contributed by atoms with Crippen LogP contribution in [0.3, 0.4) is 0 Å². The first-order valence-corrected chi connectivity index (χ1v) is 10.2. The number of thiophene rings is 1. The molecular weight excluding hydrogens is 348 g/mol. The number of aromatic nitrogens is 2. The van der Waals surface area contributed by atoms with E-state index in [1.807, 2.05) is 0 Å². The number of aromatic amines is 1. The lowest BCUT2D eigenvalue weighted by atomic mass is 10.1. The van der Waals surface area contributed by atoms with Crippen LogP contribution in [0.15, 0.2) is 16.2 Å². The zero-order chi connectivity index (χ0) is 18.3. The summed E-state index contributed by atoms with van der Waals surface area (Å²) in [6.45, 7) is 10.4. The maximum absolute atomic E-state index is 12.6. The van der Waals surface area contributed by atoms with Gasteiger partial charge in [0.1, 0.15) is 0 Å². The Morgan fingerprint density at radius 1 is 1.35 bits per heavy atom. The topological polar surface area (TPSA) is 61.5 Å². The Bertz CT molecular complexity index is 836. The number of morpholine rings is 1. The summed E-state index contributed by atoms with van der Waals surface area (Å²) in [5.74, 6) is 0.685. The molecule has 0 spiro atoms. The number of ether oxygens (including phenoxy) is 1. The molecule has 26 heavy (non-hydrogen) atoms. The van der Waals surface area contributed by atoms with Crippen LogP contribution >= 0.6 is 11.3 Å². The van der Waals surface area contributed by atoms with Gasteiger partial charge >= 0.3 is 0 Å². The molecule has 0 unspecified atom stereocenters. The maximum Gasteiger partial charge on any atom is 0.255 e. The van der Waals surface area contributed by atoms with Crippen LogP contribution in [0.25, 0.3) is 0 Å². The molecule has 0 bridgehead atoms. The summed E-state index contributed by atoms with van der Waals surface area (Å²) in [6, 6.07) is 2.17. The monoisotopic (exact) mass is 374 g/mol. The number of hydrogen-bond donors (Lipinski definition) is 1. The highest BCUT2D eigenvalue weighted by Crippen LogP contribution is 2.23.